The van der Waals surface area contributed by atoms with Crippen LogP contribution in [0.15, 0.2) is 18.2 Å². The van der Waals surface area contributed by atoms with Crippen LogP contribution in [-0.4, -0.2) is 25.4 Å². The summed E-state index contributed by atoms with van der Waals surface area (Å²) in [5, 5.41) is 0. The topological polar surface area (TPSA) is 44.5 Å². The number of hydrogen-bond donors (Lipinski definition) is 1. The first-order chi connectivity index (χ1) is 9.75. The molecular formula is C17H25NO2. The fraction of sp³-hybridized carbons (Fsp3) is 0.647. The molecule has 0 atom stereocenters. The van der Waals surface area contributed by atoms with Crippen LogP contribution in [0.5, 0.6) is 5.75 Å². The molecule has 2 N–H and O–H groups in total. The Balaban J connectivity index is 1.43. The Kier molecular flexibility index (Phi) is 4.27. The zero-order valence-corrected chi connectivity index (χ0v) is 12.2. The Labute approximate surface area is 121 Å². The average molecular weight is 275 g/mol. The second kappa shape index (κ2) is 6.15. The molecule has 3 nitrogen and oxygen atoms in total. The summed E-state index contributed by atoms with van der Waals surface area (Å²) in [5.41, 5.74) is 8.98. The van der Waals surface area contributed by atoms with Crippen molar-refractivity contribution in [2.75, 3.05) is 19.8 Å². The van der Waals surface area contributed by atoms with Gasteiger partial charge in [-0.1, -0.05) is 31.4 Å². The molecular weight excluding hydrogens is 250 g/mol. The lowest BCUT2D eigenvalue weighted by atomic mass is 9.83. The van der Waals surface area contributed by atoms with Gasteiger partial charge in [0.25, 0.3) is 0 Å². The first-order valence-electron chi connectivity index (χ1n) is 7.86. The summed E-state index contributed by atoms with van der Waals surface area (Å²) in [6, 6.07) is 6.49. The molecule has 3 rings (SSSR count). The quantitative estimate of drug-likeness (QED) is 0.840. The summed E-state index contributed by atoms with van der Waals surface area (Å²) in [6.45, 7) is 2.30. The van der Waals surface area contributed by atoms with Gasteiger partial charge in [-0.3, -0.25) is 0 Å². The fourth-order valence-electron chi connectivity index (χ4n) is 3.26. The van der Waals surface area contributed by atoms with Gasteiger partial charge in [-0.25, -0.2) is 0 Å². The summed E-state index contributed by atoms with van der Waals surface area (Å²) in [5.74, 6) is 1.05. The van der Waals surface area contributed by atoms with E-state index in [2.05, 4.69) is 18.2 Å². The Hall–Kier alpha value is -1.06. The van der Waals surface area contributed by atoms with Crippen molar-refractivity contribution in [3.63, 3.8) is 0 Å². The molecule has 1 aliphatic heterocycles. The summed E-state index contributed by atoms with van der Waals surface area (Å²) >= 11 is 0. The number of fused-ring (bicyclic) bond motifs is 1. The van der Waals surface area contributed by atoms with Gasteiger partial charge in [-0.05, 0) is 36.5 Å². The summed E-state index contributed by atoms with van der Waals surface area (Å²) in [7, 11) is 0. The smallest absolute Gasteiger partial charge is 0.122 e. The minimum absolute atomic E-state index is 0.0655. The molecule has 1 heterocycles. The van der Waals surface area contributed by atoms with Gasteiger partial charge in [-0.15, -0.1) is 0 Å². The lowest BCUT2D eigenvalue weighted by Crippen LogP contribution is -2.46. The minimum Gasteiger partial charge on any atom is -0.493 e. The van der Waals surface area contributed by atoms with Crippen LogP contribution in [0.2, 0.25) is 0 Å². The van der Waals surface area contributed by atoms with Gasteiger partial charge in [0.2, 0.25) is 0 Å². The third kappa shape index (κ3) is 3.33. The normalized spacial score (nSPS) is 20.4. The zero-order valence-electron chi connectivity index (χ0n) is 12.2. The number of ether oxygens (including phenoxy) is 2. The van der Waals surface area contributed by atoms with Crippen molar-refractivity contribution < 1.29 is 9.47 Å². The number of nitrogens with two attached hydrogens (primary N) is 1. The molecule has 0 spiro atoms. The molecule has 0 saturated heterocycles. The van der Waals surface area contributed by atoms with Gasteiger partial charge in [0.1, 0.15) is 5.75 Å². The van der Waals surface area contributed by atoms with Crippen LogP contribution in [0.3, 0.4) is 0 Å². The maximum atomic E-state index is 6.37. The highest BCUT2D eigenvalue weighted by molar-refractivity contribution is 5.39. The fourth-order valence-corrected chi connectivity index (χ4v) is 3.26. The molecule has 1 aromatic carbocycles. The minimum atomic E-state index is -0.0655. The predicted molar refractivity (Wildman–Crippen MR) is 80.2 cm³/mol. The van der Waals surface area contributed by atoms with E-state index in [-0.39, 0.29) is 5.54 Å². The van der Waals surface area contributed by atoms with E-state index in [1.165, 1.54) is 30.4 Å². The van der Waals surface area contributed by atoms with Crippen LogP contribution in [-0.2, 0) is 17.6 Å². The lowest BCUT2D eigenvalue weighted by Gasteiger charge is -2.33. The van der Waals surface area contributed by atoms with E-state index >= 15 is 0 Å². The van der Waals surface area contributed by atoms with Crippen molar-refractivity contribution in [2.24, 2.45) is 5.73 Å². The van der Waals surface area contributed by atoms with E-state index in [0.717, 1.165) is 44.6 Å². The summed E-state index contributed by atoms with van der Waals surface area (Å²) < 4.78 is 11.4. The molecule has 1 aromatic rings. The van der Waals surface area contributed by atoms with Crippen molar-refractivity contribution in [1.82, 2.24) is 0 Å². The molecule has 20 heavy (non-hydrogen) atoms. The first kappa shape index (κ1) is 13.9. The third-order valence-electron chi connectivity index (χ3n) is 4.53. The molecule has 0 radical (unpaired) electrons. The second-order valence-electron chi connectivity index (χ2n) is 6.27. The van der Waals surface area contributed by atoms with E-state index in [9.17, 15) is 0 Å². The highest BCUT2D eigenvalue weighted by atomic mass is 16.5. The molecule has 1 saturated carbocycles. The van der Waals surface area contributed by atoms with E-state index in [0.29, 0.717) is 6.61 Å². The highest BCUT2D eigenvalue weighted by Crippen LogP contribution is 2.27. The van der Waals surface area contributed by atoms with Crippen LogP contribution in [0, 0.1) is 0 Å². The van der Waals surface area contributed by atoms with Crippen molar-refractivity contribution in [3.8, 4) is 5.75 Å². The molecule has 0 aromatic heterocycles. The maximum absolute atomic E-state index is 6.37. The average Bonchev–Trinajstić information content (AvgIpc) is 2.92. The van der Waals surface area contributed by atoms with E-state index in [1.54, 1.807) is 0 Å². The van der Waals surface area contributed by atoms with E-state index in [4.69, 9.17) is 15.2 Å². The van der Waals surface area contributed by atoms with Gasteiger partial charge >= 0.3 is 0 Å². The van der Waals surface area contributed by atoms with Crippen molar-refractivity contribution >= 4 is 0 Å². The van der Waals surface area contributed by atoms with E-state index < -0.39 is 0 Å². The van der Waals surface area contributed by atoms with Crippen molar-refractivity contribution in [3.05, 3.63) is 29.3 Å². The summed E-state index contributed by atoms with van der Waals surface area (Å²) in [6.07, 6.45) is 8.07. The molecule has 0 amide bonds. The predicted octanol–water partition coefficient (Wildman–Crippen LogP) is 2.84. The number of hydrogen-bond acceptors (Lipinski definition) is 3. The van der Waals surface area contributed by atoms with Gasteiger partial charge in [0.15, 0.2) is 0 Å². The molecule has 1 aliphatic carbocycles. The van der Waals surface area contributed by atoms with Crippen LogP contribution in [0.25, 0.3) is 0 Å². The van der Waals surface area contributed by atoms with Crippen molar-refractivity contribution in [1.29, 1.82) is 0 Å². The standard InChI is InChI=1S/C17H25NO2/c18-17(8-2-1-3-9-17)13-19-10-6-14-4-5-16-15(12-14)7-11-20-16/h4-5,12H,1-3,6-11,13,18H2. The molecule has 2 aliphatic rings. The number of benzene rings is 1. The maximum Gasteiger partial charge on any atom is 0.122 e. The van der Waals surface area contributed by atoms with Crippen LogP contribution >= 0.6 is 0 Å². The third-order valence-corrected chi connectivity index (χ3v) is 4.53. The SMILES string of the molecule is NC1(COCCc2ccc3c(c2)CCO3)CCCCC1. The number of rotatable bonds is 5. The Morgan fingerprint density at radius 2 is 2.05 bits per heavy atom. The van der Waals surface area contributed by atoms with Crippen LogP contribution in [0.1, 0.15) is 43.2 Å². The Morgan fingerprint density at radius 3 is 2.90 bits per heavy atom. The largest absolute Gasteiger partial charge is 0.493 e. The van der Waals surface area contributed by atoms with Crippen LogP contribution in [0.4, 0.5) is 0 Å². The van der Waals surface area contributed by atoms with Gasteiger partial charge in [0, 0.05) is 12.0 Å². The van der Waals surface area contributed by atoms with Gasteiger partial charge in [0.05, 0.1) is 19.8 Å². The molecule has 1 fully saturated rings. The second-order valence-corrected chi connectivity index (χ2v) is 6.27. The molecule has 0 bridgehead atoms. The molecule has 110 valence electrons. The van der Waals surface area contributed by atoms with E-state index in [1.807, 2.05) is 0 Å². The first-order valence-corrected chi connectivity index (χ1v) is 7.86. The monoisotopic (exact) mass is 275 g/mol. The van der Waals surface area contributed by atoms with Crippen LogP contribution < -0.4 is 10.5 Å². The lowest BCUT2D eigenvalue weighted by molar-refractivity contribution is 0.0698. The Morgan fingerprint density at radius 1 is 1.20 bits per heavy atom. The van der Waals surface area contributed by atoms with Crippen molar-refractivity contribution in [2.45, 2.75) is 50.5 Å². The van der Waals surface area contributed by atoms with Gasteiger partial charge in [-0.2, -0.15) is 0 Å². The summed E-state index contributed by atoms with van der Waals surface area (Å²) in [4.78, 5) is 0. The molecule has 3 heteroatoms. The Bertz CT molecular complexity index is 452. The zero-order chi connectivity index (χ0) is 13.8. The van der Waals surface area contributed by atoms with Gasteiger partial charge < -0.3 is 15.2 Å². The highest BCUT2D eigenvalue weighted by Gasteiger charge is 2.27. The molecule has 0 unspecified atom stereocenters.